The molecule has 0 aromatic rings. The van der Waals surface area contributed by atoms with Crippen LogP contribution >= 0.6 is 0 Å². The Morgan fingerprint density at radius 2 is 1.92 bits per heavy atom. The molecule has 78 valence electrons. The number of alkyl halides is 3. The molecule has 0 amide bonds. The molecule has 0 aromatic carbocycles. The maximum Gasteiger partial charge on any atom is 0.401 e. The molecule has 0 fully saturated rings. The van der Waals surface area contributed by atoms with Gasteiger partial charge in [-0.3, -0.25) is 4.90 Å². The van der Waals surface area contributed by atoms with Crippen LogP contribution in [-0.4, -0.2) is 42.4 Å². The molecule has 0 aliphatic rings. The first-order valence-electron chi connectivity index (χ1n) is 4.00. The van der Waals surface area contributed by atoms with E-state index in [9.17, 15) is 13.2 Å². The van der Waals surface area contributed by atoms with Crippen LogP contribution in [0.1, 0.15) is 6.42 Å². The lowest BCUT2D eigenvalue weighted by atomic mass is 10.3. The highest BCUT2D eigenvalue weighted by Crippen LogP contribution is 2.16. The van der Waals surface area contributed by atoms with Gasteiger partial charge in [-0.1, -0.05) is 6.08 Å². The summed E-state index contributed by atoms with van der Waals surface area (Å²) in [6.07, 6.45) is -2.15. The van der Waals surface area contributed by atoms with Crippen LogP contribution in [0.15, 0.2) is 12.7 Å². The average Bonchev–Trinajstić information content (AvgIpc) is 1.98. The molecule has 5 heteroatoms. The molecule has 0 spiro atoms. The first-order valence-corrected chi connectivity index (χ1v) is 4.00. The van der Waals surface area contributed by atoms with Gasteiger partial charge >= 0.3 is 6.18 Å². The molecule has 0 radical (unpaired) electrons. The van der Waals surface area contributed by atoms with Crippen LogP contribution < -0.4 is 0 Å². The van der Waals surface area contributed by atoms with Gasteiger partial charge in [-0.15, -0.1) is 6.58 Å². The van der Waals surface area contributed by atoms with Crippen molar-refractivity contribution in [1.29, 1.82) is 0 Å². The second kappa shape index (κ2) is 5.99. The highest BCUT2D eigenvalue weighted by Gasteiger charge is 2.29. The zero-order valence-electron chi connectivity index (χ0n) is 7.35. The Bertz CT molecular complexity index is 147. The first kappa shape index (κ1) is 12.4. The summed E-state index contributed by atoms with van der Waals surface area (Å²) in [5, 5.41) is 8.50. The molecule has 0 aromatic heterocycles. The van der Waals surface area contributed by atoms with Crippen molar-refractivity contribution in [3.05, 3.63) is 12.7 Å². The topological polar surface area (TPSA) is 23.5 Å². The van der Waals surface area contributed by atoms with E-state index in [1.54, 1.807) is 6.08 Å². The van der Waals surface area contributed by atoms with Crippen molar-refractivity contribution in [3.8, 4) is 0 Å². The Hall–Kier alpha value is -0.550. The smallest absolute Gasteiger partial charge is 0.395 e. The molecule has 13 heavy (non-hydrogen) atoms. The van der Waals surface area contributed by atoms with Gasteiger partial charge < -0.3 is 5.11 Å². The summed E-state index contributed by atoms with van der Waals surface area (Å²) in [6.45, 7) is 2.52. The zero-order valence-corrected chi connectivity index (χ0v) is 7.35. The van der Waals surface area contributed by atoms with Crippen LogP contribution in [0.5, 0.6) is 0 Å². The normalized spacial score (nSPS) is 12.1. The molecule has 0 saturated carbocycles. The van der Waals surface area contributed by atoms with Crippen molar-refractivity contribution < 1.29 is 18.3 Å². The Morgan fingerprint density at radius 3 is 2.31 bits per heavy atom. The fraction of sp³-hybridized carbons (Fsp3) is 0.750. The van der Waals surface area contributed by atoms with E-state index in [1.807, 2.05) is 0 Å². The molecule has 0 bridgehead atoms. The predicted octanol–water partition coefficient (Wildman–Crippen LogP) is 1.42. The van der Waals surface area contributed by atoms with Gasteiger partial charge in [0.05, 0.1) is 13.2 Å². The second-order valence-corrected chi connectivity index (χ2v) is 2.69. The number of rotatable bonds is 6. The lowest BCUT2D eigenvalue weighted by molar-refractivity contribution is -0.146. The van der Waals surface area contributed by atoms with Crippen molar-refractivity contribution in [1.82, 2.24) is 4.90 Å². The zero-order chi connectivity index (χ0) is 10.3. The Morgan fingerprint density at radius 1 is 1.31 bits per heavy atom. The highest BCUT2D eigenvalue weighted by molar-refractivity contribution is 4.71. The third-order valence-corrected chi connectivity index (χ3v) is 1.47. The average molecular weight is 197 g/mol. The van der Waals surface area contributed by atoms with E-state index in [1.165, 1.54) is 0 Å². The van der Waals surface area contributed by atoms with E-state index >= 15 is 0 Å². The van der Waals surface area contributed by atoms with Gasteiger partial charge in [0.15, 0.2) is 0 Å². The standard InChI is InChI=1S/C8H14F3NO/c1-2-3-4-12(5-6-13)7-8(9,10)11/h2,13H,1,3-7H2. The summed E-state index contributed by atoms with van der Waals surface area (Å²) in [6, 6.07) is 0. The minimum absolute atomic E-state index is 0.0490. The van der Waals surface area contributed by atoms with Crippen molar-refractivity contribution >= 4 is 0 Å². The molecule has 0 aliphatic carbocycles. The third-order valence-electron chi connectivity index (χ3n) is 1.47. The van der Waals surface area contributed by atoms with E-state index in [0.717, 1.165) is 4.90 Å². The lowest BCUT2D eigenvalue weighted by Gasteiger charge is -2.21. The van der Waals surface area contributed by atoms with Crippen LogP contribution in [-0.2, 0) is 0 Å². The number of nitrogens with zero attached hydrogens (tertiary/aromatic N) is 1. The predicted molar refractivity (Wildman–Crippen MR) is 44.4 cm³/mol. The van der Waals surface area contributed by atoms with Gasteiger partial charge in [-0.05, 0) is 6.42 Å². The third kappa shape index (κ3) is 7.80. The molecule has 0 saturated heterocycles. The minimum Gasteiger partial charge on any atom is -0.395 e. The Labute approximate surface area is 75.7 Å². The van der Waals surface area contributed by atoms with Crippen molar-refractivity contribution in [2.75, 3.05) is 26.2 Å². The molecule has 0 rings (SSSR count). The molecule has 0 heterocycles. The molecule has 0 aliphatic heterocycles. The summed E-state index contributed by atoms with van der Waals surface area (Å²) >= 11 is 0. The van der Waals surface area contributed by atoms with Crippen LogP contribution in [0.3, 0.4) is 0 Å². The van der Waals surface area contributed by atoms with Crippen LogP contribution in [0.4, 0.5) is 13.2 Å². The number of hydrogen-bond acceptors (Lipinski definition) is 2. The minimum atomic E-state index is -4.20. The number of aliphatic hydroxyl groups is 1. The van der Waals surface area contributed by atoms with Crippen molar-refractivity contribution in [2.24, 2.45) is 0 Å². The summed E-state index contributed by atoms with van der Waals surface area (Å²) in [4.78, 5) is 1.15. The van der Waals surface area contributed by atoms with Gasteiger partial charge in [0.2, 0.25) is 0 Å². The van der Waals surface area contributed by atoms with Gasteiger partial charge in [0, 0.05) is 13.1 Å². The molecular weight excluding hydrogens is 183 g/mol. The molecule has 2 nitrogen and oxygen atoms in total. The quantitative estimate of drug-likeness (QED) is 0.651. The maximum absolute atomic E-state index is 11.9. The molecule has 1 N–H and O–H groups in total. The summed E-state index contributed by atoms with van der Waals surface area (Å²) in [5.74, 6) is 0. The van der Waals surface area contributed by atoms with Crippen LogP contribution in [0.2, 0.25) is 0 Å². The summed E-state index contributed by atoms with van der Waals surface area (Å²) < 4.78 is 35.7. The molecule has 0 atom stereocenters. The van der Waals surface area contributed by atoms with Crippen molar-refractivity contribution in [3.63, 3.8) is 0 Å². The number of aliphatic hydroxyl groups excluding tert-OH is 1. The summed E-state index contributed by atoms with van der Waals surface area (Å²) in [7, 11) is 0. The maximum atomic E-state index is 11.9. The van der Waals surface area contributed by atoms with E-state index in [4.69, 9.17) is 5.11 Å². The van der Waals surface area contributed by atoms with E-state index in [0.29, 0.717) is 6.42 Å². The molecular formula is C8H14F3NO. The first-order chi connectivity index (χ1) is 5.99. The van der Waals surface area contributed by atoms with Gasteiger partial charge in [-0.2, -0.15) is 13.2 Å². The summed E-state index contributed by atoms with van der Waals surface area (Å²) in [5.41, 5.74) is 0. The van der Waals surface area contributed by atoms with Gasteiger partial charge in [0.25, 0.3) is 0 Å². The SMILES string of the molecule is C=CCCN(CCO)CC(F)(F)F. The highest BCUT2D eigenvalue weighted by atomic mass is 19.4. The Kier molecular flexibility index (Phi) is 5.73. The van der Waals surface area contributed by atoms with Gasteiger partial charge in [-0.25, -0.2) is 0 Å². The monoisotopic (exact) mass is 197 g/mol. The van der Waals surface area contributed by atoms with Crippen LogP contribution in [0.25, 0.3) is 0 Å². The number of halogens is 3. The van der Waals surface area contributed by atoms with E-state index in [-0.39, 0.29) is 19.7 Å². The van der Waals surface area contributed by atoms with Crippen molar-refractivity contribution in [2.45, 2.75) is 12.6 Å². The fourth-order valence-corrected chi connectivity index (χ4v) is 0.939. The van der Waals surface area contributed by atoms with Crippen LogP contribution in [0, 0.1) is 0 Å². The number of hydrogen-bond donors (Lipinski definition) is 1. The fourth-order valence-electron chi connectivity index (χ4n) is 0.939. The second-order valence-electron chi connectivity index (χ2n) is 2.69. The molecule has 0 unspecified atom stereocenters. The Balaban J connectivity index is 3.86. The lowest BCUT2D eigenvalue weighted by Crippen LogP contribution is -2.36. The van der Waals surface area contributed by atoms with E-state index in [2.05, 4.69) is 6.58 Å². The largest absolute Gasteiger partial charge is 0.401 e. The van der Waals surface area contributed by atoms with Gasteiger partial charge in [0.1, 0.15) is 0 Å². The van der Waals surface area contributed by atoms with E-state index < -0.39 is 12.7 Å².